The molecule has 6 heteroatoms. The summed E-state index contributed by atoms with van der Waals surface area (Å²) in [5.41, 5.74) is 0. The largest absolute Gasteiger partial charge is 0.466 e. The Hall–Kier alpha value is -1.66. The third kappa shape index (κ3) is 53.7. The van der Waals surface area contributed by atoms with Gasteiger partial charge in [0, 0.05) is 12.8 Å². The minimum Gasteiger partial charge on any atom is -0.466 e. The Balaban J connectivity index is 3.39. The van der Waals surface area contributed by atoms with Crippen LogP contribution in [0, 0.1) is 0 Å². The average molecular weight is 959 g/mol. The summed E-state index contributed by atoms with van der Waals surface area (Å²) in [7, 11) is 0. The number of esters is 1. The molecule has 3 N–H and O–H groups in total. The number of amides is 1. The second-order valence-corrected chi connectivity index (χ2v) is 21.0. The molecule has 0 saturated heterocycles. The first kappa shape index (κ1) is 66.3. The van der Waals surface area contributed by atoms with Crippen molar-refractivity contribution >= 4 is 11.9 Å². The summed E-state index contributed by atoms with van der Waals surface area (Å²) in [5, 5.41) is 23.0. The maximum atomic E-state index is 12.4. The van der Waals surface area contributed by atoms with Gasteiger partial charge < -0.3 is 20.3 Å². The minimum absolute atomic E-state index is 0.0151. The lowest BCUT2D eigenvalue weighted by atomic mass is 10.0. The van der Waals surface area contributed by atoms with E-state index in [1.54, 1.807) is 6.08 Å². The van der Waals surface area contributed by atoms with E-state index in [1.807, 2.05) is 6.08 Å². The summed E-state index contributed by atoms with van der Waals surface area (Å²) in [6.07, 6.45) is 70.8. The van der Waals surface area contributed by atoms with Gasteiger partial charge in [-0.3, -0.25) is 9.59 Å². The number of nitrogens with one attached hydrogen (secondary N) is 1. The number of hydrogen-bond acceptors (Lipinski definition) is 5. The molecule has 0 aromatic carbocycles. The molecule has 0 heterocycles. The normalized spacial score (nSPS) is 12.7. The maximum absolute atomic E-state index is 12.4. The van der Waals surface area contributed by atoms with Gasteiger partial charge in [-0.15, -0.1) is 0 Å². The van der Waals surface area contributed by atoms with E-state index in [-0.39, 0.29) is 18.5 Å². The first-order valence-electron chi connectivity index (χ1n) is 30.6. The average Bonchev–Trinajstić information content (AvgIpc) is 3.34. The Morgan fingerprint density at radius 3 is 1.04 bits per heavy atom. The van der Waals surface area contributed by atoms with Crippen molar-refractivity contribution in [3.63, 3.8) is 0 Å². The smallest absolute Gasteiger partial charge is 0.305 e. The van der Waals surface area contributed by atoms with Gasteiger partial charge in [0.05, 0.1) is 25.4 Å². The molecule has 402 valence electrons. The van der Waals surface area contributed by atoms with Crippen LogP contribution >= 0.6 is 0 Å². The number of unbranched alkanes of at least 4 members (excludes halogenated alkanes) is 44. The summed E-state index contributed by atoms with van der Waals surface area (Å²) < 4.78 is 5.49. The van der Waals surface area contributed by atoms with Crippen molar-refractivity contribution in [2.24, 2.45) is 0 Å². The maximum Gasteiger partial charge on any atom is 0.305 e. The molecule has 0 aliphatic rings. The second-order valence-electron chi connectivity index (χ2n) is 21.0. The van der Waals surface area contributed by atoms with Crippen LogP contribution < -0.4 is 5.32 Å². The molecule has 0 aliphatic heterocycles. The molecular weight excluding hydrogens is 839 g/mol. The highest BCUT2D eigenvalue weighted by molar-refractivity contribution is 5.76. The number of carbonyl (C=O) groups is 2. The van der Waals surface area contributed by atoms with Gasteiger partial charge in [-0.1, -0.05) is 289 Å². The zero-order valence-corrected chi connectivity index (χ0v) is 45.9. The Morgan fingerprint density at radius 2 is 0.691 bits per heavy atom. The third-order valence-corrected chi connectivity index (χ3v) is 14.2. The lowest BCUT2D eigenvalue weighted by molar-refractivity contribution is -0.143. The number of carbonyl (C=O) groups excluding carboxylic acids is 2. The first-order valence-corrected chi connectivity index (χ1v) is 30.6. The van der Waals surface area contributed by atoms with Crippen molar-refractivity contribution in [2.75, 3.05) is 13.2 Å². The summed E-state index contributed by atoms with van der Waals surface area (Å²) in [6, 6.07) is -0.630. The highest BCUT2D eigenvalue weighted by Gasteiger charge is 2.18. The number of hydrogen-bond donors (Lipinski definition) is 3. The summed E-state index contributed by atoms with van der Waals surface area (Å²) >= 11 is 0. The predicted octanol–water partition coefficient (Wildman–Crippen LogP) is 19.0. The van der Waals surface area contributed by atoms with E-state index in [4.69, 9.17) is 4.74 Å². The molecule has 2 atom stereocenters. The van der Waals surface area contributed by atoms with Crippen LogP contribution in [0.5, 0.6) is 0 Å². The molecule has 6 nitrogen and oxygen atoms in total. The van der Waals surface area contributed by atoms with Gasteiger partial charge in [-0.2, -0.15) is 0 Å². The number of aliphatic hydroxyl groups is 2. The third-order valence-electron chi connectivity index (χ3n) is 14.2. The van der Waals surface area contributed by atoms with Crippen molar-refractivity contribution in [1.29, 1.82) is 0 Å². The molecule has 0 aromatic rings. The Bertz CT molecular complexity index is 1060. The van der Waals surface area contributed by atoms with E-state index in [0.29, 0.717) is 19.4 Å². The molecule has 0 saturated carbocycles. The second kappa shape index (κ2) is 57.9. The van der Waals surface area contributed by atoms with Crippen molar-refractivity contribution < 1.29 is 24.5 Å². The fourth-order valence-corrected chi connectivity index (χ4v) is 9.51. The van der Waals surface area contributed by atoms with Gasteiger partial charge in [0.2, 0.25) is 5.91 Å². The zero-order chi connectivity index (χ0) is 49.3. The zero-order valence-electron chi connectivity index (χ0n) is 45.9. The van der Waals surface area contributed by atoms with Gasteiger partial charge in [-0.05, 0) is 57.8 Å². The van der Waals surface area contributed by atoms with E-state index in [2.05, 4.69) is 31.3 Å². The van der Waals surface area contributed by atoms with Gasteiger partial charge in [-0.25, -0.2) is 0 Å². The van der Waals surface area contributed by atoms with Crippen molar-refractivity contribution in [2.45, 2.75) is 347 Å². The molecule has 0 fully saturated rings. The fraction of sp³-hybridized carbons (Fsp3) is 0.903. The Labute approximate surface area is 424 Å². The van der Waals surface area contributed by atoms with Crippen LogP contribution in [0.2, 0.25) is 0 Å². The van der Waals surface area contributed by atoms with Crippen molar-refractivity contribution in [3.8, 4) is 0 Å². The van der Waals surface area contributed by atoms with E-state index in [1.165, 1.54) is 270 Å². The van der Waals surface area contributed by atoms with Gasteiger partial charge in [0.25, 0.3) is 0 Å². The van der Waals surface area contributed by atoms with Crippen LogP contribution in [0.4, 0.5) is 0 Å². The molecule has 0 bridgehead atoms. The molecule has 0 aliphatic carbocycles. The van der Waals surface area contributed by atoms with Crippen LogP contribution in [0.15, 0.2) is 24.3 Å². The SMILES string of the molecule is CCCCCCCCCCCC/C=C/C(O)C(CO)NC(=O)CCCCCCCCCC/C=C\CCCCCCCCCCCCCCOC(=O)CCCCCCCCCCCCCCCCC. The number of ether oxygens (including phenoxy) is 1. The lowest BCUT2D eigenvalue weighted by Gasteiger charge is -2.20. The van der Waals surface area contributed by atoms with Crippen LogP contribution in [0.1, 0.15) is 335 Å². The topological polar surface area (TPSA) is 95.9 Å². The lowest BCUT2D eigenvalue weighted by Crippen LogP contribution is -2.45. The molecule has 0 radical (unpaired) electrons. The van der Waals surface area contributed by atoms with Crippen LogP contribution in [-0.4, -0.2) is 47.4 Å². The molecule has 0 rings (SSSR count). The molecule has 0 spiro atoms. The fourth-order valence-electron chi connectivity index (χ4n) is 9.51. The summed E-state index contributed by atoms with van der Waals surface area (Å²) in [4.78, 5) is 24.5. The van der Waals surface area contributed by atoms with Crippen LogP contribution in [0.3, 0.4) is 0 Å². The molecule has 0 aromatic heterocycles. The van der Waals surface area contributed by atoms with Crippen molar-refractivity contribution in [3.05, 3.63) is 24.3 Å². The van der Waals surface area contributed by atoms with E-state index < -0.39 is 12.1 Å². The van der Waals surface area contributed by atoms with Crippen molar-refractivity contribution in [1.82, 2.24) is 5.32 Å². The quantitative estimate of drug-likeness (QED) is 0.0321. The predicted molar refractivity (Wildman–Crippen MR) is 296 cm³/mol. The molecular formula is C62H119NO5. The first-order chi connectivity index (χ1) is 33.5. The Morgan fingerprint density at radius 1 is 0.397 bits per heavy atom. The standard InChI is InChI=1S/C62H119NO5/c1-3-5-7-9-11-13-15-17-28-32-36-40-44-48-52-56-62(67)68-57-53-49-45-41-37-33-30-27-25-23-21-19-18-20-22-24-26-29-31-35-39-43-47-51-55-61(66)63-59(58-64)60(65)54-50-46-42-38-34-16-14-12-10-8-6-4-2/h20,22,50,54,59-60,64-65H,3-19,21,23-49,51-53,55-58H2,1-2H3,(H,63,66)/b22-20-,54-50+. The highest BCUT2D eigenvalue weighted by atomic mass is 16.5. The van der Waals surface area contributed by atoms with Gasteiger partial charge in [0.15, 0.2) is 0 Å². The summed E-state index contributed by atoms with van der Waals surface area (Å²) in [6.45, 7) is 4.91. The Kier molecular flexibility index (Phi) is 56.5. The molecule has 68 heavy (non-hydrogen) atoms. The van der Waals surface area contributed by atoms with Gasteiger partial charge >= 0.3 is 5.97 Å². The summed E-state index contributed by atoms with van der Waals surface area (Å²) in [5.74, 6) is -0.0573. The number of allylic oxidation sites excluding steroid dienone is 3. The van der Waals surface area contributed by atoms with E-state index in [9.17, 15) is 19.8 Å². The van der Waals surface area contributed by atoms with Crippen LogP contribution in [0.25, 0.3) is 0 Å². The van der Waals surface area contributed by atoms with E-state index >= 15 is 0 Å². The minimum atomic E-state index is -0.846. The number of aliphatic hydroxyl groups excluding tert-OH is 2. The monoisotopic (exact) mass is 958 g/mol. The van der Waals surface area contributed by atoms with Gasteiger partial charge in [0.1, 0.15) is 0 Å². The van der Waals surface area contributed by atoms with Crippen LogP contribution in [-0.2, 0) is 14.3 Å². The highest BCUT2D eigenvalue weighted by Crippen LogP contribution is 2.17. The van der Waals surface area contributed by atoms with E-state index in [0.717, 1.165) is 38.5 Å². The molecule has 2 unspecified atom stereocenters. The molecule has 1 amide bonds. The number of rotatable bonds is 57.